The molecule has 0 spiro atoms. The van der Waals surface area contributed by atoms with Crippen LogP contribution in [0.15, 0.2) is 30.3 Å². The fourth-order valence-corrected chi connectivity index (χ4v) is 4.48. The quantitative estimate of drug-likeness (QED) is 0.913. The zero-order chi connectivity index (χ0) is 14.9. The molecule has 2 aromatic rings. The minimum absolute atomic E-state index is 0.0524. The van der Waals surface area contributed by atoms with Crippen molar-refractivity contribution in [1.82, 2.24) is 5.32 Å². The van der Waals surface area contributed by atoms with Crippen molar-refractivity contribution in [2.75, 3.05) is 6.61 Å². The lowest BCUT2D eigenvalue weighted by Crippen LogP contribution is -2.31. The van der Waals surface area contributed by atoms with Crippen molar-refractivity contribution in [3.63, 3.8) is 0 Å². The Morgan fingerprint density at radius 3 is 3.00 bits per heavy atom. The molecule has 1 aromatic carbocycles. The second-order valence-corrected chi connectivity index (χ2v) is 7.10. The maximum absolute atomic E-state index is 12.6. The number of benzene rings is 1. The molecule has 2 aliphatic rings. The molecule has 0 saturated carbocycles. The number of hydrogen-bond donors (Lipinski definition) is 1. The summed E-state index contributed by atoms with van der Waals surface area (Å²) in [6.07, 6.45) is 5.58. The number of rotatable bonds is 2. The lowest BCUT2D eigenvalue weighted by atomic mass is 9.99. The standard InChI is InChI=1S/C18H19NO2S/c20-18(17-11-12-5-1-4-8-16(12)22-17)19-14-9-10-21-15-7-3-2-6-13(14)15/h2-3,6-7,11,14H,1,4-5,8-10H2,(H,19,20)/t14-/m0/s1. The van der Waals surface area contributed by atoms with Gasteiger partial charge in [-0.3, -0.25) is 4.79 Å². The summed E-state index contributed by atoms with van der Waals surface area (Å²) < 4.78 is 5.66. The lowest BCUT2D eigenvalue weighted by molar-refractivity contribution is 0.0929. The zero-order valence-electron chi connectivity index (χ0n) is 12.4. The Kier molecular flexibility index (Phi) is 3.62. The first-order valence-corrected chi connectivity index (χ1v) is 8.77. The van der Waals surface area contributed by atoms with Gasteiger partial charge in [0, 0.05) is 16.9 Å². The summed E-state index contributed by atoms with van der Waals surface area (Å²) in [7, 11) is 0. The van der Waals surface area contributed by atoms with E-state index in [4.69, 9.17) is 4.74 Å². The highest BCUT2D eigenvalue weighted by Gasteiger charge is 2.24. The molecule has 114 valence electrons. The van der Waals surface area contributed by atoms with Crippen LogP contribution in [0.4, 0.5) is 0 Å². The van der Waals surface area contributed by atoms with E-state index in [1.54, 1.807) is 11.3 Å². The van der Waals surface area contributed by atoms with Gasteiger partial charge in [-0.25, -0.2) is 0 Å². The van der Waals surface area contributed by atoms with Crippen LogP contribution in [0.5, 0.6) is 5.75 Å². The van der Waals surface area contributed by atoms with Crippen molar-refractivity contribution < 1.29 is 9.53 Å². The molecule has 4 rings (SSSR count). The molecule has 0 unspecified atom stereocenters. The van der Waals surface area contributed by atoms with Gasteiger partial charge in [-0.2, -0.15) is 0 Å². The Morgan fingerprint density at radius 2 is 2.09 bits per heavy atom. The molecule has 22 heavy (non-hydrogen) atoms. The van der Waals surface area contributed by atoms with E-state index in [0.29, 0.717) is 6.61 Å². The summed E-state index contributed by atoms with van der Waals surface area (Å²) in [5.74, 6) is 0.950. The van der Waals surface area contributed by atoms with Crippen LogP contribution in [0.25, 0.3) is 0 Å². The average molecular weight is 313 g/mol. The second kappa shape index (κ2) is 5.76. The first-order valence-electron chi connectivity index (χ1n) is 7.95. The van der Waals surface area contributed by atoms with E-state index in [9.17, 15) is 4.79 Å². The van der Waals surface area contributed by atoms with E-state index in [1.807, 2.05) is 24.3 Å². The van der Waals surface area contributed by atoms with Gasteiger partial charge in [0.25, 0.3) is 5.91 Å². The number of carbonyl (C=O) groups is 1. The van der Waals surface area contributed by atoms with E-state index >= 15 is 0 Å². The molecule has 2 heterocycles. The van der Waals surface area contributed by atoms with Crippen LogP contribution in [0.1, 0.15) is 51.0 Å². The maximum Gasteiger partial charge on any atom is 0.261 e. The lowest BCUT2D eigenvalue weighted by Gasteiger charge is -2.26. The van der Waals surface area contributed by atoms with Crippen LogP contribution >= 0.6 is 11.3 Å². The van der Waals surface area contributed by atoms with Gasteiger partial charge in [0.05, 0.1) is 17.5 Å². The number of nitrogens with one attached hydrogen (secondary N) is 1. The molecule has 1 aromatic heterocycles. The maximum atomic E-state index is 12.6. The van der Waals surface area contributed by atoms with E-state index in [1.165, 1.54) is 23.3 Å². The van der Waals surface area contributed by atoms with Gasteiger partial charge in [-0.1, -0.05) is 18.2 Å². The minimum Gasteiger partial charge on any atom is -0.493 e. The predicted octanol–water partition coefficient (Wildman–Crippen LogP) is 3.88. The van der Waals surface area contributed by atoms with Crippen molar-refractivity contribution in [3.05, 3.63) is 51.2 Å². The molecule has 0 fully saturated rings. The highest BCUT2D eigenvalue weighted by molar-refractivity contribution is 7.14. The molecule has 0 saturated heterocycles. The largest absolute Gasteiger partial charge is 0.493 e. The summed E-state index contributed by atoms with van der Waals surface area (Å²) in [5, 5.41) is 3.19. The van der Waals surface area contributed by atoms with Crippen LogP contribution in [-0.2, 0) is 12.8 Å². The Bertz CT molecular complexity index is 683. The number of hydrogen-bond acceptors (Lipinski definition) is 3. The van der Waals surface area contributed by atoms with Gasteiger partial charge in [0.2, 0.25) is 0 Å². The predicted molar refractivity (Wildman–Crippen MR) is 87.7 cm³/mol. The molecule has 3 nitrogen and oxygen atoms in total. The summed E-state index contributed by atoms with van der Waals surface area (Å²) in [5.41, 5.74) is 2.47. The van der Waals surface area contributed by atoms with Crippen LogP contribution in [0, 0.1) is 0 Å². The number of amides is 1. The summed E-state index contributed by atoms with van der Waals surface area (Å²) in [4.78, 5) is 14.9. The summed E-state index contributed by atoms with van der Waals surface area (Å²) >= 11 is 1.67. The number of aryl methyl sites for hydroxylation is 2. The molecule has 0 bridgehead atoms. The van der Waals surface area contributed by atoms with Gasteiger partial charge in [-0.15, -0.1) is 11.3 Å². The molecular formula is C18H19NO2S. The Morgan fingerprint density at radius 1 is 1.23 bits per heavy atom. The topological polar surface area (TPSA) is 38.3 Å². The summed E-state index contributed by atoms with van der Waals surface area (Å²) in [6, 6.07) is 10.1. The van der Waals surface area contributed by atoms with Gasteiger partial charge in [0.15, 0.2) is 0 Å². The van der Waals surface area contributed by atoms with Crippen LogP contribution in [0.3, 0.4) is 0 Å². The average Bonchev–Trinajstić information content (AvgIpc) is 2.99. The molecular weight excluding hydrogens is 294 g/mol. The third kappa shape index (κ3) is 2.52. The molecule has 1 N–H and O–H groups in total. The highest BCUT2D eigenvalue weighted by Crippen LogP contribution is 2.33. The number of thiophene rings is 1. The van der Waals surface area contributed by atoms with Crippen molar-refractivity contribution >= 4 is 17.2 Å². The monoisotopic (exact) mass is 313 g/mol. The zero-order valence-corrected chi connectivity index (χ0v) is 13.2. The molecule has 1 atom stereocenters. The molecule has 1 aliphatic carbocycles. The normalized spacial score (nSPS) is 19.7. The Labute approximate surface area is 134 Å². The first kappa shape index (κ1) is 13.8. The van der Waals surface area contributed by atoms with Crippen LogP contribution < -0.4 is 10.1 Å². The number of carbonyl (C=O) groups excluding carboxylic acids is 1. The van der Waals surface area contributed by atoms with E-state index in [-0.39, 0.29) is 11.9 Å². The fraction of sp³-hybridized carbons (Fsp3) is 0.389. The first-order chi connectivity index (χ1) is 10.8. The molecule has 1 aliphatic heterocycles. The Hall–Kier alpha value is -1.81. The minimum atomic E-state index is 0.0524. The fourth-order valence-electron chi connectivity index (χ4n) is 3.32. The molecule has 4 heteroatoms. The van der Waals surface area contributed by atoms with Crippen LogP contribution in [0.2, 0.25) is 0 Å². The third-order valence-corrected chi connectivity index (χ3v) is 5.72. The second-order valence-electron chi connectivity index (χ2n) is 5.97. The number of fused-ring (bicyclic) bond motifs is 2. The highest BCUT2D eigenvalue weighted by atomic mass is 32.1. The SMILES string of the molecule is O=C(N[C@H]1CCOc2ccccc21)c1cc2c(s1)CCCC2. The van der Waals surface area contributed by atoms with Crippen molar-refractivity contribution in [2.45, 2.75) is 38.1 Å². The van der Waals surface area contributed by atoms with Crippen molar-refractivity contribution in [1.29, 1.82) is 0 Å². The van der Waals surface area contributed by atoms with Crippen LogP contribution in [-0.4, -0.2) is 12.5 Å². The van der Waals surface area contributed by atoms with Crippen molar-refractivity contribution in [3.8, 4) is 5.75 Å². The number of ether oxygens (including phenoxy) is 1. The van der Waals surface area contributed by atoms with E-state index in [2.05, 4.69) is 11.4 Å². The smallest absolute Gasteiger partial charge is 0.261 e. The van der Waals surface area contributed by atoms with E-state index in [0.717, 1.165) is 35.5 Å². The third-order valence-electron chi connectivity index (χ3n) is 4.48. The summed E-state index contributed by atoms with van der Waals surface area (Å²) in [6.45, 7) is 0.656. The number of para-hydroxylation sites is 1. The van der Waals surface area contributed by atoms with Gasteiger partial charge >= 0.3 is 0 Å². The van der Waals surface area contributed by atoms with Gasteiger partial charge in [0.1, 0.15) is 5.75 Å². The molecule has 1 amide bonds. The van der Waals surface area contributed by atoms with E-state index < -0.39 is 0 Å². The Balaban J connectivity index is 1.54. The van der Waals surface area contributed by atoms with Gasteiger partial charge in [-0.05, 0) is 43.4 Å². The van der Waals surface area contributed by atoms with Gasteiger partial charge < -0.3 is 10.1 Å². The molecule has 0 radical (unpaired) electrons. The van der Waals surface area contributed by atoms with Crippen molar-refractivity contribution in [2.24, 2.45) is 0 Å².